The van der Waals surface area contributed by atoms with Crippen molar-refractivity contribution in [2.24, 2.45) is 11.8 Å². The van der Waals surface area contributed by atoms with E-state index in [2.05, 4.69) is 10.3 Å². The Kier molecular flexibility index (Phi) is 5.78. The molecule has 34 heavy (non-hydrogen) atoms. The zero-order valence-corrected chi connectivity index (χ0v) is 17.1. The third-order valence-electron chi connectivity index (χ3n) is 6.43. The van der Waals surface area contributed by atoms with E-state index in [0.29, 0.717) is 17.1 Å². The molecule has 1 saturated heterocycles. The molecule has 3 heterocycles. The SMILES string of the molecule is O=c1cc(NCC2OCC3CC32)nc2n1CCC(C(F)(F)F)N2CC(O)(C(F)(F)F)C(F)(F)F. The van der Waals surface area contributed by atoms with Gasteiger partial charge < -0.3 is 20.1 Å². The van der Waals surface area contributed by atoms with Crippen LogP contribution in [0.15, 0.2) is 10.9 Å². The summed E-state index contributed by atoms with van der Waals surface area (Å²) in [7, 11) is 0. The number of aromatic nitrogens is 2. The van der Waals surface area contributed by atoms with Crippen molar-refractivity contribution in [2.75, 3.05) is 29.9 Å². The topological polar surface area (TPSA) is 79.6 Å². The van der Waals surface area contributed by atoms with Crippen LogP contribution in [0.5, 0.6) is 0 Å². The summed E-state index contributed by atoms with van der Waals surface area (Å²) < 4.78 is 126. The maximum absolute atomic E-state index is 13.6. The van der Waals surface area contributed by atoms with Gasteiger partial charge in [-0.15, -0.1) is 0 Å². The van der Waals surface area contributed by atoms with Crippen molar-refractivity contribution in [3.63, 3.8) is 0 Å². The smallest absolute Gasteiger partial charge is 0.376 e. The maximum atomic E-state index is 13.6. The van der Waals surface area contributed by atoms with Crippen molar-refractivity contribution in [3.8, 4) is 0 Å². The minimum absolute atomic E-state index is 0.0921. The van der Waals surface area contributed by atoms with Crippen LogP contribution in [0, 0.1) is 11.8 Å². The second-order valence-electron chi connectivity index (χ2n) is 8.67. The number of rotatable bonds is 5. The van der Waals surface area contributed by atoms with E-state index < -0.39 is 61.2 Å². The normalized spacial score (nSPS) is 27.4. The first-order chi connectivity index (χ1) is 15.5. The third-order valence-corrected chi connectivity index (χ3v) is 6.43. The van der Waals surface area contributed by atoms with E-state index in [1.54, 1.807) is 0 Å². The Bertz CT molecular complexity index is 977. The lowest BCUT2D eigenvalue weighted by atomic mass is 9.99. The Morgan fingerprint density at radius 1 is 1.12 bits per heavy atom. The van der Waals surface area contributed by atoms with Crippen LogP contribution in [-0.4, -0.2) is 70.6 Å². The minimum Gasteiger partial charge on any atom is -0.376 e. The molecule has 0 aromatic carbocycles. The number of nitrogens with one attached hydrogen (secondary N) is 1. The summed E-state index contributed by atoms with van der Waals surface area (Å²) >= 11 is 0. The summed E-state index contributed by atoms with van der Waals surface area (Å²) in [6.07, 6.45) is -18.4. The first-order valence-corrected chi connectivity index (χ1v) is 10.2. The number of fused-ring (bicyclic) bond motifs is 2. The third kappa shape index (κ3) is 4.29. The molecule has 2 N–H and O–H groups in total. The summed E-state index contributed by atoms with van der Waals surface area (Å²) in [6, 6.07) is -1.97. The fraction of sp³-hybridized carbons (Fsp3) is 0.778. The summed E-state index contributed by atoms with van der Waals surface area (Å²) in [5.74, 6) is -0.753. The van der Waals surface area contributed by atoms with Crippen LogP contribution in [0.25, 0.3) is 0 Å². The van der Waals surface area contributed by atoms with Crippen LogP contribution in [0.1, 0.15) is 12.8 Å². The quantitative estimate of drug-likeness (QED) is 0.594. The molecule has 7 nitrogen and oxygen atoms in total. The van der Waals surface area contributed by atoms with Gasteiger partial charge >= 0.3 is 18.5 Å². The fourth-order valence-corrected chi connectivity index (χ4v) is 4.37. The number of β-amino-alcohol motifs (C(OH)–C–C–N with tert-alkyl or cyclic N) is 1. The number of alkyl halides is 9. The second-order valence-corrected chi connectivity index (χ2v) is 8.67. The van der Waals surface area contributed by atoms with Gasteiger partial charge in [0.05, 0.1) is 19.3 Å². The Morgan fingerprint density at radius 2 is 1.76 bits per heavy atom. The van der Waals surface area contributed by atoms with E-state index in [1.165, 1.54) is 0 Å². The zero-order valence-electron chi connectivity index (χ0n) is 17.1. The number of hydrogen-bond acceptors (Lipinski definition) is 6. The van der Waals surface area contributed by atoms with Crippen LogP contribution < -0.4 is 15.8 Å². The standard InChI is InChI=1S/C18H19F9N4O3/c19-16(20,21)11-1-2-30-13(32)4-12(28-5-10-9-3-8(9)6-34-10)29-14(30)31(11)7-15(33,17(22,23)24)18(25,26)27/h4,8-11,28,33H,1-3,5-7H2. The second kappa shape index (κ2) is 7.90. The number of anilines is 2. The number of ether oxygens (including phenoxy) is 1. The van der Waals surface area contributed by atoms with Crippen LogP contribution in [0.3, 0.4) is 0 Å². The highest BCUT2D eigenvalue weighted by Gasteiger charge is 2.72. The molecular formula is C18H19F9N4O3. The molecule has 4 rings (SSSR count). The first kappa shape index (κ1) is 24.9. The molecule has 192 valence electrons. The molecule has 0 spiro atoms. The fourth-order valence-electron chi connectivity index (χ4n) is 4.37. The summed E-state index contributed by atoms with van der Waals surface area (Å²) in [6.45, 7) is -2.59. The summed E-state index contributed by atoms with van der Waals surface area (Å²) in [4.78, 5) is 15.8. The van der Waals surface area contributed by atoms with E-state index >= 15 is 0 Å². The van der Waals surface area contributed by atoms with Gasteiger partial charge in [-0.25, -0.2) is 0 Å². The van der Waals surface area contributed by atoms with Crippen LogP contribution in [0.2, 0.25) is 0 Å². The van der Waals surface area contributed by atoms with E-state index in [9.17, 15) is 49.4 Å². The molecule has 2 fully saturated rings. The molecule has 2 aliphatic heterocycles. The Hall–Kier alpha value is -2.23. The highest BCUT2D eigenvalue weighted by Crippen LogP contribution is 2.48. The molecule has 0 radical (unpaired) electrons. The van der Waals surface area contributed by atoms with Crippen LogP contribution in [0.4, 0.5) is 51.3 Å². The minimum atomic E-state index is -6.36. The monoisotopic (exact) mass is 510 g/mol. The lowest BCUT2D eigenvalue weighted by Gasteiger charge is -2.43. The molecule has 1 aromatic rings. The predicted molar refractivity (Wildman–Crippen MR) is 97.2 cm³/mol. The van der Waals surface area contributed by atoms with Gasteiger partial charge in [0, 0.05) is 19.2 Å². The first-order valence-electron chi connectivity index (χ1n) is 10.2. The maximum Gasteiger partial charge on any atom is 0.428 e. The molecule has 0 bridgehead atoms. The van der Waals surface area contributed by atoms with Crippen molar-refractivity contribution in [1.82, 2.24) is 9.55 Å². The molecule has 16 heteroatoms. The lowest BCUT2D eigenvalue weighted by Crippen LogP contribution is -2.66. The van der Waals surface area contributed by atoms with Crippen molar-refractivity contribution in [3.05, 3.63) is 16.4 Å². The lowest BCUT2D eigenvalue weighted by molar-refractivity contribution is -0.364. The largest absolute Gasteiger partial charge is 0.428 e. The average molecular weight is 510 g/mol. The van der Waals surface area contributed by atoms with Gasteiger partial charge in [0.1, 0.15) is 11.9 Å². The molecule has 0 amide bonds. The zero-order chi connectivity index (χ0) is 25.3. The summed E-state index contributed by atoms with van der Waals surface area (Å²) in [5.41, 5.74) is -6.48. The van der Waals surface area contributed by atoms with E-state index in [-0.39, 0.29) is 29.3 Å². The van der Waals surface area contributed by atoms with Crippen LogP contribution >= 0.6 is 0 Å². The molecule has 4 unspecified atom stereocenters. The highest BCUT2D eigenvalue weighted by atomic mass is 19.4. The highest BCUT2D eigenvalue weighted by molar-refractivity contribution is 5.45. The van der Waals surface area contributed by atoms with Crippen LogP contribution in [-0.2, 0) is 11.3 Å². The average Bonchev–Trinajstić information content (AvgIpc) is 3.36. The van der Waals surface area contributed by atoms with E-state index in [4.69, 9.17) is 4.74 Å². The molecule has 4 atom stereocenters. The van der Waals surface area contributed by atoms with E-state index in [0.717, 1.165) is 12.5 Å². The molecular weight excluding hydrogens is 491 g/mol. The van der Waals surface area contributed by atoms with Crippen molar-refractivity contribution >= 4 is 11.8 Å². The van der Waals surface area contributed by atoms with Gasteiger partial charge in [-0.3, -0.25) is 9.36 Å². The molecule has 1 saturated carbocycles. The van der Waals surface area contributed by atoms with Gasteiger partial charge in [-0.05, 0) is 24.7 Å². The van der Waals surface area contributed by atoms with Crippen molar-refractivity contribution in [2.45, 2.75) is 55.7 Å². The summed E-state index contributed by atoms with van der Waals surface area (Å²) in [5, 5.41) is 12.2. The number of halogens is 9. The van der Waals surface area contributed by atoms with Gasteiger partial charge in [0.15, 0.2) is 0 Å². The Balaban J connectivity index is 1.71. The number of nitrogens with zero attached hydrogens (tertiary/aromatic N) is 3. The van der Waals surface area contributed by atoms with Crippen molar-refractivity contribution in [1.29, 1.82) is 0 Å². The van der Waals surface area contributed by atoms with Gasteiger partial charge in [0.2, 0.25) is 5.95 Å². The molecule has 3 aliphatic rings. The molecule has 1 aliphatic carbocycles. The number of hydrogen-bond donors (Lipinski definition) is 2. The predicted octanol–water partition coefficient (Wildman–Crippen LogP) is 2.69. The van der Waals surface area contributed by atoms with Gasteiger partial charge in [0.25, 0.3) is 11.2 Å². The number of aliphatic hydroxyl groups is 1. The van der Waals surface area contributed by atoms with Gasteiger partial charge in [-0.1, -0.05) is 0 Å². The van der Waals surface area contributed by atoms with Gasteiger partial charge in [-0.2, -0.15) is 44.5 Å². The van der Waals surface area contributed by atoms with Crippen molar-refractivity contribution < 1.29 is 49.4 Å². The Morgan fingerprint density at radius 3 is 2.26 bits per heavy atom. The van der Waals surface area contributed by atoms with E-state index in [1.807, 2.05) is 0 Å². The molecule has 1 aromatic heterocycles. The Labute approximate surface area is 185 Å².